The van der Waals surface area contributed by atoms with E-state index >= 15 is 0 Å². The highest BCUT2D eigenvalue weighted by Crippen LogP contribution is 2.25. The number of nitrogens with one attached hydrogen (secondary N) is 1. The van der Waals surface area contributed by atoms with Crippen LogP contribution in [0.25, 0.3) is 0 Å². The van der Waals surface area contributed by atoms with Gasteiger partial charge in [0.25, 0.3) is 0 Å². The highest BCUT2D eigenvalue weighted by Gasteiger charge is 2.27. The Morgan fingerprint density at radius 2 is 2.05 bits per heavy atom. The van der Waals surface area contributed by atoms with Gasteiger partial charge >= 0.3 is 0 Å². The van der Waals surface area contributed by atoms with Crippen LogP contribution in [0.1, 0.15) is 24.8 Å². The molecular formula is C17H27N3. The van der Waals surface area contributed by atoms with Crippen LogP contribution in [-0.4, -0.2) is 55.6 Å². The van der Waals surface area contributed by atoms with Crippen LogP contribution < -0.4 is 5.32 Å². The van der Waals surface area contributed by atoms with E-state index in [1.165, 1.54) is 50.0 Å². The first-order valence-corrected chi connectivity index (χ1v) is 7.96. The summed E-state index contributed by atoms with van der Waals surface area (Å²) in [4.78, 5) is 5.11. The monoisotopic (exact) mass is 273 g/mol. The van der Waals surface area contributed by atoms with E-state index in [0.29, 0.717) is 6.04 Å². The average molecular weight is 273 g/mol. The summed E-state index contributed by atoms with van der Waals surface area (Å²) in [7, 11) is 4.44. The summed E-state index contributed by atoms with van der Waals surface area (Å²) >= 11 is 0. The zero-order valence-corrected chi connectivity index (χ0v) is 12.8. The SMILES string of the molecule is CN(C)C1CCCN(C2CCc3ccccc3NC2)C1. The largest absolute Gasteiger partial charge is 0.383 e. The van der Waals surface area contributed by atoms with Crippen LogP contribution in [0.4, 0.5) is 5.69 Å². The van der Waals surface area contributed by atoms with Crippen molar-refractivity contribution in [2.24, 2.45) is 0 Å². The summed E-state index contributed by atoms with van der Waals surface area (Å²) < 4.78 is 0. The van der Waals surface area contributed by atoms with Gasteiger partial charge in [-0.1, -0.05) is 18.2 Å². The van der Waals surface area contributed by atoms with Gasteiger partial charge in [-0.3, -0.25) is 4.90 Å². The van der Waals surface area contributed by atoms with Gasteiger partial charge in [0.2, 0.25) is 0 Å². The van der Waals surface area contributed by atoms with E-state index < -0.39 is 0 Å². The van der Waals surface area contributed by atoms with Crippen molar-refractivity contribution in [2.45, 2.75) is 37.8 Å². The average Bonchev–Trinajstić information content (AvgIpc) is 2.70. The van der Waals surface area contributed by atoms with Crippen molar-refractivity contribution in [1.82, 2.24) is 9.80 Å². The third kappa shape index (κ3) is 2.99. The molecule has 1 aromatic rings. The van der Waals surface area contributed by atoms with Gasteiger partial charge in [0.1, 0.15) is 0 Å². The van der Waals surface area contributed by atoms with E-state index in [9.17, 15) is 0 Å². The Morgan fingerprint density at radius 3 is 2.90 bits per heavy atom. The van der Waals surface area contributed by atoms with E-state index in [4.69, 9.17) is 0 Å². The number of para-hydroxylation sites is 1. The molecule has 1 saturated heterocycles. The molecule has 2 unspecified atom stereocenters. The molecular weight excluding hydrogens is 246 g/mol. The normalized spacial score (nSPS) is 27.8. The van der Waals surface area contributed by atoms with Gasteiger partial charge in [-0.25, -0.2) is 0 Å². The molecule has 1 N–H and O–H groups in total. The van der Waals surface area contributed by atoms with Gasteiger partial charge in [0.05, 0.1) is 0 Å². The maximum Gasteiger partial charge on any atom is 0.0373 e. The smallest absolute Gasteiger partial charge is 0.0373 e. The lowest BCUT2D eigenvalue weighted by Gasteiger charge is -2.40. The number of likely N-dealkylation sites (tertiary alicyclic amines) is 1. The van der Waals surface area contributed by atoms with E-state index in [-0.39, 0.29) is 0 Å². The number of hydrogen-bond donors (Lipinski definition) is 1. The Morgan fingerprint density at radius 1 is 1.20 bits per heavy atom. The van der Waals surface area contributed by atoms with Crippen LogP contribution in [-0.2, 0) is 6.42 Å². The molecule has 110 valence electrons. The van der Waals surface area contributed by atoms with E-state index in [1.807, 2.05) is 0 Å². The first-order valence-electron chi connectivity index (χ1n) is 7.96. The lowest BCUT2D eigenvalue weighted by molar-refractivity contribution is 0.0971. The quantitative estimate of drug-likeness (QED) is 0.893. The molecule has 0 aromatic heterocycles. The maximum atomic E-state index is 3.66. The molecule has 2 heterocycles. The van der Waals surface area contributed by atoms with Crippen molar-refractivity contribution in [3.63, 3.8) is 0 Å². The zero-order chi connectivity index (χ0) is 13.9. The van der Waals surface area contributed by atoms with Gasteiger partial charge < -0.3 is 10.2 Å². The van der Waals surface area contributed by atoms with Gasteiger partial charge in [-0.15, -0.1) is 0 Å². The highest BCUT2D eigenvalue weighted by atomic mass is 15.2. The second kappa shape index (κ2) is 6.15. The summed E-state index contributed by atoms with van der Waals surface area (Å²) in [5.74, 6) is 0. The molecule has 2 atom stereocenters. The second-order valence-corrected chi connectivity index (χ2v) is 6.49. The molecule has 0 radical (unpaired) electrons. The molecule has 1 fully saturated rings. The number of likely N-dealkylation sites (N-methyl/N-ethyl adjacent to an activating group) is 1. The zero-order valence-electron chi connectivity index (χ0n) is 12.8. The third-order valence-corrected chi connectivity index (χ3v) is 4.97. The molecule has 2 aliphatic rings. The Bertz CT molecular complexity index is 417. The lowest BCUT2D eigenvalue weighted by Crippen LogP contribution is -2.50. The fourth-order valence-corrected chi connectivity index (χ4v) is 3.61. The van der Waals surface area contributed by atoms with Crippen molar-refractivity contribution in [2.75, 3.05) is 39.0 Å². The van der Waals surface area contributed by atoms with Gasteiger partial charge in [0.15, 0.2) is 0 Å². The Balaban J connectivity index is 1.64. The predicted molar refractivity (Wildman–Crippen MR) is 85.3 cm³/mol. The molecule has 3 rings (SSSR count). The third-order valence-electron chi connectivity index (χ3n) is 4.97. The van der Waals surface area contributed by atoms with Crippen LogP contribution in [0.3, 0.4) is 0 Å². The Labute approximate surface area is 123 Å². The van der Waals surface area contributed by atoms with Crippen molar-refractivity contribution in [1.29, 1.82) is 0 Å². The van der Waals surface area contributed by atoms with Crippen LogP contribution in [0.15, 0.2) is 24.3 Å². The van der Waals surface area contributed by atoms with Crippen molar-refractivity contribution in [3.8, 4) is 0 Å². The molecule has 0 saturated carbocycles. The molecule has 3 heteroatoms. The highest BCUT2D eigenvalue weighted by molar-refractivity contribution is 5.52. The van der Waals surface area contributed by atoms with Crippen molar-refractivity contribution >= 4 is 5.69 Å². The molecule has 0 amide bonds. The topological polar surface area (TPSA) is 18.5 Å². The summed E-state index contributed by atoms with van der Waals surface area (Å²) in [6.45, 7) is 3.60. The minimum atomic E-state index is 0.685. The number of rotatable bonds is 2. The number of aryl methyl sites for hydroxylation is 1. The number of benzene rings is 1. The number of nitrogens with zero attached hydrogens (tertiary/aromatic N) is 2. The molecule has 0 aliphatic carbocycles. The lowest BCUT2D eigenvalue weighted by atomic mass is 10.00. The molecule has 0 spiro atoms. The van der Waals surface area contributed by atoms with E-state index in [0.717, 1.165) is 12.6 Å². The fourth-order valence-electron chi connectivity index (χ4n) is 3.61. The number of anilines is 1. The number of hydrogen-bond acceptors (Lipinski definition) is 3. The summed E-state index contributed by atoms with van der Waals surface area (Å²) in [6, 6.07) is 10.2. The predicted octanol–water partition coefficient (Wildman–Crippen LogP) is 2.44. The van der Waals surface area contributed by atoms with Crippen LogP contribution in [0.2, 0.25) is 0 Å². The molecule has 0 bridgehead atoms. The first-order chi connectivity index (χ1) is 9.74. The van der Waals surface area contributed by atoms with Crippen LogP contribution >= 0.6 is 0 Å². The first kappa shape index (κ1) is 13.9. The van der Waals surface area contributed by atoms with Crippen molar-refractivity contribution in [3.05, 3.63) is 29.8 Å². The Hall–Kier alpha value is -1.06. The summed E-state index contributed by atoms with van der Waals surface area (Å²) in [5, 5.41) is 3.66. The fraction of sp³-hybridized carbons (Fsp3) is 0.647. The molecule has 1 aromatic carbocycles. The van der Waals surface area contributed by atoms with E-state index in [2.05, 4.69) is 53.5 Å². The van der Waals surface area contributed by atoms with Crippen LogP contribution in [0, 0.1) is 0 Å². The van der Waals surface area contributed by atoms with E-state index in [1.54, 1.807) is 0 Å². The second-order valence-electron chi connectivity index (χ2n) is 6.49. The minimum Gasteiger partial charge on any atom is -0.383 e. The van der Waals surface area contributed by atoms with Gasteiger partial charge in [-0.05, 0) is 58.0 Å². The number of fused-ring (bicyclic) bond motifs is 1. The van der Waals surface area contributed by atoms with Gasteiger partial charge in [-0.2, -0.15) is 0 Å². The summed E-state index contributed by atoms with van der Waals surface area (Å²) in [6.07, 6.45) is 5.18. The van der Waals surface area contributed by atoms with Crippen molar-refractivity contribution < 1.29 is 0 Å². The minimum absolute atomic E-state index is 0.685. The van der Waals surface area contributed by atoms with Gasteiger partial charge in [0, 0.05) is 30.9 Å². The molecule has 3 nitrogen and oxygen atoms in total. The standard InChI is InChI=1S/C17H27N3/c1-19(2)16-7-5-11-20(13-16)15-10-9-14-6-3-4-8-17(14)18-12-15/h3-4,6,8,15-16,18H,5,7,9-13H2,1-2H3. The van der Waals surface area contributed by atoms with Crippen LogP contribution in [0.5, 0.6) is 0 Å². The Kier molecular flexibility index (Phi) is 4.27. The molecule has 20 heavy (non-hydrogen) atoms. The molecule has 2 aliphatic heterocycles. The summed E-state index contributed by atoms with van der Waals surface area (Å²) in [5.41, 5.74) is 2.83. The maximum absolute atomic E-state index is 3.66. The number of piperidine rings is 1.